The van der Waals surface area contributed by atoms with Crippen molar-refractivity contribution in [3.63, 3.8) is 0 Å². The SMILES string of the molecule is N#Cc1ccc2c(c1)CC(c1ccc(Br)cc1)N2. The highest BCUT2D eigenvalue weighted by Gasteiger charge is 2.21. The topological polar surface area (TPSA) is 35.8 Å². The lowest BCUT2D eigenvalue weighted by atomic mass is 10.0. The van der Waals surface area contributed by atoms with Crippen LogP contribution in [0.25, 0.3) is 0 Å². The first-order valence-electron chi connectivity index (χ1n) is 5.81. The Morgan fingerprint density at radius 3 is 2.67 bits per heavy atom. The van der Waals surface area contributed by atoms with E-state index < -0.39 is 0 Å². The number of rotatable bonds is 1. The molecular formula is C15H11BrN2. The minimum atomic E-state index is 0.307. The molecule has 1 N–H and O–H groups in total. The Morgan fingerprint density at radius 2 is 1.94 bits per heavy atom. The second-order valence-corrected chi connectivity index (χ2v) is 5.35. The quantitative estimate of drug-likeness (QED) is 0.863. The van der Waals surface area contributed by atoms with Crippen molar-refractivity contribution in [2.24, 2.45) is 0 Å². The fourth-order valence-electron chi connectivity index (χ4n) is 2.33. The van der Waals surface area contributed by atoms with Crippen LogP contribution in [-0.2, 0) is 6.42 Å². The Labute approximate surface area is 114 Å². The molecule has 0 saturated carbocycles. The summed E-state index contributed by atoms with van der Waals surface area (Å²) in [4.78, 5) is 0. The summed E-state index contributed by atoms with van der Waals surface area (Å²) < 4.78 is 1.09. The molecule has 0 radical (unpaired) electrons. The van der Waals surface area contributed by atoms with Crippen molar-refractivity contribution in [3.05, 3.63) is 63.6 Å². The largest absolute Gasteiger partial charge is 0.378 e. The molecule has 1 heterocycles. The number of halogens is 1. The second kappa shape index (κ2) is 4.47. The van der Waals surface area contributed by atoms with E-state index in [9.17, 15) is 0 Å². The van der Waals surface area contributed by atoms with Crippen LogP contribution in [0.3, 0.4) is 0 Å². The zero-order valence-electron chi connectivity index (χ0n) is 9.65. The summed E-state index contributed by atoms with van der Waals surface area (Å²) in [7, 11) is 0. The molecule has 2 aromatic carbocycles. The number of hydrogen-bond acceptors (Lipinski definition) is 2. The number of anilines is 1. The molecule has 2 aromatic rings. The van der Waals surface area contributed by atoms with E-state index in [4.69, 9.17) is 5.26 Å². The molecule has 0 spiro atoms. The van der Waals surface area contributed by atoms with Crippen molar-refractivity contribution in [1.82, 2.24) is 0 Å². The normalized spacial score (nSPS) is 16.8. The van der Waals surface area contributed by atoms with Gasteiger partial charge >= 0.3 is 0 Å². The van der Waals surface area contributed by atoms with Gasteiger partial charge in [-0.1, -0.05) is 28.1 Å². The van der Waals surface area contributed by atoms with Crippen LogP contribution < -0.4 is 5.32 Å². The summed E-state index contributed by atoms with van der Waals surface area (Å²) in [6.45, 7) is 0. The average molecular weight is 299 g/mol. The molecule has 1 aliphatic rings. The van der Waals surface area contributed by atoms with E-state index in [1.807, 2.05) is 18.2 Å². The molecule has 1 aliphatic heterocycles. The summed E-state index contributed by atoms with van der Waals surface area (Å²) in [6, 6.07) is 16.7. The molecule has 0 amide bonds. The minimum absolute atomic E-state index is 0.307. The molecule has 3 rings (SSSR count). The van der Waals surface area contributed by atoms with Crippen LogP contribution in [0, 0.1) is 11.3 Å². The van der Waals surface area contributed by atoms with Gasteiger partial charge in [0.25, 0.3) is 0 Å². The minimum Gasteiger partial charge on any atom is -0.378 e. The van der Waals surface area contributed by atoms with E-state index >= 15 is 0 Å². The zero-order valence-corrected chi connectivity index (χ0v) is 11.2. The maximum atomic E-state index is 8.91. The lowest BCUT2D eigenvalue weighted by Gasteiger charge is -2.11. The van der Waals surface area contributed by atoms with Crippen molar-refractivity contribution >= 4 is 21.6 Å². The van der Waals surface area contributed by atoms with Crippen LogP contribution in [0.2, 0.25) is 0 Å². The summed E-state index contributed by atoms with van der Waals surface area (Å²) in [6.07, 6.45) is 0.937. The molecule has 1 unspecified atom stereocenters. The van der Waals surface area contributed by atoms with Gasteiger partial charge < -0.3 is 5.32 Å². The molecule has 3 heteroatoms. The molecule has 1 atom stereocenters. The fraction of sp³-hybridized carbons (Fsp3) is 0.133. The highest BCUT2D eigenvalue weighted by Crippen LogP contribution is 2.34. The fourth-order valence-corrected chi connectivity index (χ4v) is 2.59. The predicted molar refractivity (Wildman–Crippen MR) is 75.4 cm³/mol. The second-order valence-electron chi connectivity index (χ2n) is 4.44. The summed E-state index contributed by atoms with van der Waals surface area (Å²) in [5.74, 6) is 0. The lowest BCUT2D eigenvalue weighted by Crippen LogP contribution is -2.05. The van der Waals surface area contributed by atoms with Gasteiger partial charge in [-0.15, -0.1) is 0 Å². The first kappa shape index (κ1) is 11.3. The van der Waals surface area contributed by atoms with Gasteiger partial charge in [-0.2, -0.15) is 5.26 Å². The molecule has 0 saturated heterocycles. The molecule has 0 bridgehead atoms. The smallest absolute Gasteiger partial charge is 0.0991 e. The zero-order chi connectivity index (χ0) is 12.5. The average Bonchev–Trinajstić information content (AvgIpc) is 2.82. The molecule has 0 fully saturated rings. The Bertz CT molecular complexity index is 626. The van der Waals surface area contributed by atoms with Gasteiger partial charge in [-0.3, -0.25) is 0 Å². The Morgan fingerprint density at radius 1 is 1.17 bits per heavy atom. The van der Waals surface area contributed by atoms with Gasteiger partial charge in [0, 0.05) is 10.2 Å². The highest BCUT2D eigenvalue weighted by molar-refractivity contribution is 9.10. The third-order valence-corrected chi connectivity index (χ3v) is 3.79. The number of hydrogen-bond donors (Lipinski definition) is 1. The first-order valence-corrected chi connectivity index (χ1v) is 6.60. The van der Waals surface area contributed by atoms with Crippen molar-refractivity contribution in [2.75, 3.05) is 5.32 Å². The number of benzene rings is 2. The van der Waals surface area contributed by atoms with E-state index in [1.165, 1.54) is 11.1 Å². The van der Waals surface area contributed by atoms with Crippen molar-refractivity contribution in [2.45, 2.75) is 12.5 Å². The van der Waals surface area contributed by atoms with Gasteiger partial charge in [0.2, 0.25) is 0 Å². The first-order chi connectivity index (χ1) is 8.76. The van der Waals surface area contributed by atoms with Gasteiger partial charge in [-0.05, 0) is 47.9 Å². The number of fused-ring (bicyclic) bond motifs is 1. The van der Waals surface area contributed by atoms with Crippen LogP contribution in [0.15, 0.2) is 46.9 Å². The number of nitriles is 1. The maximum Gasteiger partial charge on any atom is 0.0991 e. The Kier molecular flexibility index (Phi) is 2.81. The summed E-state index contributed by atoms with van der Waals surface area (Å²) in [5, 5.41) is 12.4. The predicted octanol–water partition coefficient (Wildman–Crippen LogP) is 4.03. The Hall–Kier alpha value is -1.79. The van der Waals surface area contributed by atoms with Crippen molar-refractivity contribution in [3.8, 4) is 6.07 Å². The van der Waals surface area contributed by atoms with Crippen molar-refractivity contribution < 1.29 is 0 Å². The van der Waals surface area contributed by atoms with E-state index in [0.717, 1.165) is 22.1 Å². The van der Waals surface area contributed by atoms with E-state index in [1.54, 1.807) is 0 Å². The van der Waals surface area contributed by atoms with E-state index in [2.05, 4.69) is 51.6 Å². The van der Waals surface area contributed by atoms with Crippen LogP contribution >= 0.6 is 15.9 Å². The van der Waals surface area contributed by atoms with Gasteiger partial charge in [0.1, 0.15) is 0 Å². The highest BCUT2D eigenvalue weighted by atomic mass is 79.9. The molecule has 0 aromatic heterocycles. The van der Waals surface area contributed by atoms with Crippen LogP contribution in [0.4, 0.5) is 5.69 Å². The molecule has 0 aliphatic carbocycles. The van der Waals surface area contributed by atoms with E-state index in [-0.39, 0.29) is 0 Å². The standard InChI is InChI=1S/C15H11BrN2/c16-13-4-2-11(3-5-13)15-8-12-7-10(9-17)1-6-14(12)18-15/h1-7,15,18H,8H2. The third-order valence-electron chi connectivity index (χ3n) is 3.26. The lowest BCUT2D eigenvalue weighted by molar-refractivity contribution is 0.824. The Balaban J connectivity index is 1.89. The number of nitrogens with zero attached hydrogens (tertiary/aromatic N) is 1. The van der Waals surface area contributed by atoms with E-state index in [0.29, 0.717) is 6.04 Å². The van der Waals surface area contributed by atoms with Gasteiger partial charge in [-0.25, -0.2) is 0 Å². The molecule has 18 heavy (non-hydrogen) atoms. The molecule has 88 valence electrons. The monoisotopic (exact) mass is 298 g/mol. The molecule has 2 nitrogen and oxygen atoms in total. The summed E-state index contributed by atoms with van der Waals surface area (Å²) >= 11 is 3.44. The maximum absolute atomic E-state index is 8.91. The van der Waals surface area contributed by atoms with Gasteiger partial charge in [0.15, 0.2) is 0 Å². The number of nitrogens with one attached hydrogen (secondary N) is 1. The van der Waals surface area contributed by atoms with Crippen LogP contribution in [0.1, 0.15) is 22.7 Å². The van der Waals surface area contributed by atoms with Crippen LogP contribution in [0.5, 0.6) is 0 Å². The van der Waals surface area contributed by atoms with Gasteiger partial charge in [0.05, 0.1) is 17.7 Å². The van der Waals surface area contributed by atoms with Crippen LogP contribution in [-0.4, -0.2) is 0 Å². The summed E-state index contributed by atoms with van der Waals surface area (Å²) in [5.41, 5.74) is 4.36. The molecular weight excluding hydrogens is 288 g/mol. The third kappa shape index (κ3) is 2.00. The van der Waals surface area contributed by atoms with Crippen molar-refractivity contribution in [1.29, 1.82) is 5.26 Å².